The summed E-state index contributed by atoms with van der Waals surface area (Å²) >= 11 is 0. The molecule has 104 valence electrons. The van der Waals surface area contributed by atoms with Gasteiger partial charge in [0, 0.05) is 49.8 Å². The third-order valence-corrected chi connectivity index (χ3v) is 4.10. The van der Waals surface area contributed by atoms with Gasteiger partial charge < -0.3 is 4.90 Å². The van der Waals surface area contributed by atoms with E-state index >= 15 is 0 Å². The predicted octanol–water partition coefficient (Wildman–Crippen LogP) is 0.715. The molecule has 2 aliphatic heterocycles. The van der Waals surface area contributed by atoms with Crippen LogP contribution in [0.4, 0.5) is 0 Å². The molecule has 1 saturated heterocycles. The molecule has 1 fully saturated rings. The lowest BCUT2D eigenvalue weighted by molar-refractivity contribution is -0.124. The van der Waals surface area contributed by atoms with Gasteiger partial charge in [0.1, 0.15) is 0 Å². The van der Waals surface area contributed by atoms with Crippen LogP contribution in [0.3, 0.4) is 0 Å². The van der Waals surface area contributed by atoms with Crippen molar-refractivity contribution in [1.82, 2.24) is 9.80 Å². The number of hydrogen-bond donors (Lipinski definition) is 0. The zero-order valence-electron chi connectivity index (χ0n) is 11.1. The van der Waals surface area contributed by atoms with Crippen LogP contribution in [0.25, 0.3) is 0 Å². The molecule has 2 heterocycles. The smallest absolute Gasteiger partial charge is 0.209 e. The first-order valence-electron chi connectivity index (χ1n) is 6.71. The summed E-state index contributed by atoms with van der Waals surface area (Å²) < 4.78 is 0. The summed E-state index contributed by atoms with van der Waals surface area (Å²) in [6.07, 6.45) is 2.36. The monoisotopic (exact) mass is 272 g/mol. The summed E-state index contributed by atoms with van der Waals surface area (Å²) in [5, 5.41) is 0. The number of hydrogen-bond acceptors (Lipinski definition) is 4. The second-order valence-corrected chi connectivity index (χ2v) is 5.58. The number of amides is 1. The zero-order chi connectivity index (χ0) is 14.1. The lowest BCUT2D eigenvalue weighted by Gasteiger charge is -2.38. The van der Waals surface area contributed by atoms with Crippen molar-refractivity contribution < 1.29 is 14.4 Å². The van der Waals surface area contributed by atoms with E-state index in [9.17, 15) is 14.4 Å². The Labute approximate surface area is 117 Å². The Balaban J connectivity index is 1.68. The molecule has 2 aliphatic rings. The van der Waals surface area contributed by atoms with Crippen LogP contribution in [0.1, 0.15) is 31.8 Å². The van der Waals surface area contributed by atoms with E-state index in [0.717, 1.165) is 62.8 Å². The number of rotatable bonds is 5. The molecular weight excluding hydrogens is 256 g/mol. The molecule has 0 unspecified atom stereocenters. The van der Waals surface area contributed by atoms with Crippen molar-refractivity contribution in [2.75, 3.05) is 19.6 Å². The highest BCUT2D eigenvalue weighted by atomic mass is 16.1. The number of nitrogens with zero attached hydrogens (tertiary/aromatic N) is 2. The van der Waals surface area contributed by atoms with Crippen molar-refractivity contribution in [2.24, 2.45) is 5.92 Å². The summed E-state index contributed by atoms with van der Waals surface area (Å²) in [6.45, 7) is 4.23. The summed E-state index contributed by atoms with van der Waals surface area (Å²) in [6, 6.07) is 3.65. The SMILES string of the molecule is O=Cc1cc2c(cc1C=O)CN(CC1CN(C=O)C1)C2. The molecule has 0 radical (unpaired) electrons. The topological polar surface area (TPSA) is 57.7 Å². The molecular formula is C15H16N2O3. The Hall–Kier alpha value is -2.01. The van der Waals surface area contributed by atoms with E-state index in [1.54, 1.807) is 4.90 Å². The molecule has 5 nitrogen and oxygen atoms in total. The second-order valence-electron chi connectivity index (χ2n) is 5.58. The Morgan fingerprint density at radius 2 is 1.55 bits per heavy atom. The summed E-state index contributed by atoms with van der Waals surface area (Å²) in [5.74, 6) is 0.533. The Bertz CT molecular complexity index is 527. The predicted molar refractivity (Wildman–Crippen MR) is 72.5 cm³/mol. The number of likely N-dealkylation sites (tertiary alicyclic amines) is 1. The van der Waals surface area contributed by atoms with Crippen molar-refractivity contribution in [3.8, 4) is 0 Å². The van der Waals surface area contributed by atoms with Gasteiger partial charge in [0.05, 0.1) is 0 Å². The highest BCUT2D eigenvalue weighted by Gasteiger charge is 2.29. The zero-order valence-corrected chi connectivity index (χ0v) is 11.1. The third-order valence-electron chi connectivity index (χ3n) is 4.10. The first kappa shape index (κ1) is 13.0. The molecule has 1 aromatic rings. The number of aldehydes is 2. The summed E-state index contributed by atoms with van der Waals surface area (Å²) in [4.78, 5) is 36.5. The van der Waals surface area contributed by atoms with Crippen LogP contribution in [-0.4, -0.2) is 48.4 Å². The Kier molecular flexibility index (Phi) is 3.36. The normalized spacial score (nSPS) is 18.5. The van der Waals surface area contributed by atoms with Gasteiger partial charge in [0.15, 0.2) is 12.6 Å². The van der Waals surface area contributed by atoms with Crippen LogP contribution in [0.5, 0.6) is 0 Å². The highest BCUT2D eigenvalue weighted by Crippen LogP contribution is 2.27. The lowest BCUT2D eigenvalue weighted by atomic mass is 10.0. The van der Waals surface area contributed by atoms with Gasteiger partial charge in [-0.25, -0.2) is 0 Å². The number of carbonyl (C=O) groups is 3. The first-order valence-corrected chi connectivity index (χ1v) is 6.71. The largest absolute Gasteiger partial charge is 0.344 e. The number of fused-ring (bicyclic) bond motifs is 1. The molecule has 1 amide bonds. The van der Waals surface area contributed by atoms with Gasteiger partial charge in [-0.3, -0.25) is 19.3 Å². The molecule has 20 heavy (non-hydrogen) atoms. The van der Waals surface area contributed by atoms with E-state index < -0.39 is 0 Å². The minimum atomic E-state index is 0.469. The van der Waals surface area contributed by atoms with E-state index in [0.29, 0.717) is 17.0 Å². The fraction of sp³-hybridized carbons (Fsp3) is 0.400. The van der Waals surface area contributed by atoms with Crippen LogP contribution in [-0.2, 0) is 17.9 Å². The fourth-order valence-corrected chi connectivity index (χ4v) is 3.07. The highest BCUT2D eigenvalue weighted by molar-refractivity contribution is 5.90. The van der Waals surface area contributed by atoms with E-state index in [4.69, 9.17) is 0 Å². The van der Waals surface area contributed by atoms with Gasteiger partial charge in [0.2, 0.25) is 6.41 Å². The second kappa shape index (κ2) is 5.17. The average molecular weight is 272 g/mol. The molecule has 0 spiro atoms. The van der Waals surface area contributed by atoms with Gasteiger partial charge in [-0.2, -0.15) is 0 Å². The van der Waals surface area contributed by atoms with Crippen LogP contribution in [0, 0.1) is 5.92 Å². The van der Waals surface area contributed by atoms with E-state index in [1.807, 2.05) is 12.1 Å². The van der Waals surface area contributed by atoms with Gasteiger partial charge in [-0.1, -0.05) is 0 Å². The van der Waals surface area contributed by atoms with Crippen molar-refractivity contribution in [1.29, 1.82) is 0 Å². The molecule has 0 N–H and O–H groups in total. The van der Waals surface area contributed by atoms with Crippen molar-refractivity contribution in [3.63, 3.8) is 0 Å². The first-order chi connectivity index (χ1) is 9.73. The van der Waals surface area contributed by atoms with Gasteiger partial charge in [-0.05, 0) is 23.3 Å². The van der Waals surface area contributed by atoms with Gasteiger partial charge >= 0.3 is 0 Å². The minimum Gasteiger partial charge on any atom is -0.344 e. The Morgan fingerprint density at radius 3 is 2.00 bits per heavy atom. The van der Waals surface area contributed by atoms with Gasteiger partial charge in [0.25, 0.3) is 0 Å². The molecule has 1 aromatic carbocycles. The van der Waals surface area contributed by atoms with Crippen molar-refractivity contribution >= 4 is 19.0 Å². The maximum atomic E-state index is 11.0. The number of benzene rings is 1. The van der Waals surface area contributed by atoms with Crippen LogP contribution < -0.4 is 0 Å². The molecule has 5 heteroatoms. The fourth-order valence-electron chi connectivity index (χ4n) is 3.07. The van der Waals surface area contributed by atoms with Crippen LogP contribution in [0.15, 0.2) is 12.1 Å². The molecule has 0 aliphatic carbocycles. The maximum Gasteiger partial charge on any atom is 0.209 e. The van der Waals surface area contributed by atoms with Crippen molar-refractivity contribution in [3.05, 3.63) is 34.4 Å². The van der Waals surface area contributed by atoms with Gasteiger partial charge in [-0.15, -0.1) is 0 Å². The van der Waals surface area contributed by atoms with Crippen LogP contribution >= 0.6 is 0 Å². The number of carbonyl (C=O) groups excluding carboxylic acids is 3. The van der Waals surface area contributed by atoms with Crippen molar-refractivity contribution in [2.45, 2.75) is 13.1 Å². The maximum absolute atomic E-state index is 11.0. The quantitative estimate of drug-likeness (QED) is 0.741. The minimum absolute atomic E-state index is 0.469. The molecule has 3 rings (SSSR count). The van der Waals surface area contributed by atoms with E-state index in [2.05, 4.69) is 4.90 Å². The lowest BCUT2D eigenvalue weighted by Crippen LogP contribution is -2.49. The molecule has 0 aromatic heterocycles. The van der Waals surface area contributed by atoms with E-state index in [1.165, 1.54) is 0 Å². The van der Waals surface area contributed by atoms with Crippen LogP contribution in [0.2, 0.25) is 0 Å². The molecule has 0 saturated carbocycles. The molecule has 0 bridgehead atoms. The average Bonchev–Trinajstić information content (AvgIpc) is 2.81. The summed E-state index contributed by atoms with van der Waals surface area (Å²) in [7, 11) is 0. The third kappa shape index (κ3) is 2.25. The molecule has 0 atom stereocenters. The standard InChI is InChI=1S/C15H16N2O3/c18-8-14-1-12-6-16(3-11-4-17(5-11)10-20)7-13(12)2-15(14)9-19/h1-2,8-11H,3-7H2. The van der Waals surface area contributed by atoms with E-state index in [-0.39, 0.29) is 0 Å². The summed E-state index contributed by atoms with van der Waals surface area (Å²) in [5.41, 5.74) is 3.20. The Morgan fingerprint density at radius 1 is 1.00 bits per heavy atom.